The quantitative estimate of drug-likeness (QED) is 0.280. The van der Waals surface area contributed by atoms with Crippen LogP contribution >= 0.6 is 0 Å². The van der Waals surface area contributed by atoms with Gasteiger partial charge in [-0.05, 0) is 0 Å². The Hall–Kier alpha value is -1.67. The lowest BCUT2D eigenvalue weighted by atomic mass is 10.3. The van der Waals surface area contributed by atoms with Crippen LogP contribution in [0.4, 0.5) is 4.79 Å². The van der Waals surface area contributed by atoms with Crippen molar-refractivity contribution in [2.75, 3.05) is 7.11 Å². The Morgan fingerprint density at radius 1 is 1.31 bits per heavy atom. The first-order valence-electron chi connectivity index (χ1n) is 3.17. The first-order valence-corrected chi connectivity index (χ1v) is 3.17. The second kappa shape index (κ2) is 5.06. The lowest BCUT2D eigenvalue weighted by Gasteiger charge is -2.11. The molecule has 8 nitrogen and oxygen atoms in total. The molecule has 0 radical (unpaired) electrons. The summed E-state index contributed by atoms with van der Waals surface area (Å²) in [4.78, 5) is 36.0. The standard InChI is InChI=1S/C5H10N4O4/c1-13-9-2(3(6)10)4(11)8-5(7)12/h2,9H,1H3,(H2,6,10)(H3,7,8,11,12). The average Bonchev–Trinajstić information content (AvgIpc) is 1.97. The maximum Gasteiger partial charge on any atom is 0.318 e. The van der Waals surface area contributed by atoms with Gasteiger partial charge >= 0.3 is 6.03 Å². The van der Waals surface area contributed by atoms with Gasteiger partial charge in [0.25, 0.3) is 5.91 Å². The fraction of sp³-hybridized carbons (Fsp3) is 0.400. The van der Waals surface area contributed by atoms with Crippen LogP contribution in [0.3, 0.4) is 0 Å². The van der Waals surface area contributed by atoms with E-state index in [1.54, 1.807) is 5.32 Å². The van der Waals surface area contributed by atoms with Crippen molar-refractivity contribution in [2.45, 2.75) is 6.04 Å². The van der Waals surface area contributed by atoms with Crippen LogP contribution in [-0.4, -0.2) is 31.0 Å². The smallest absolute Gasteiger partial charge is 0.318 e. The number of primary amides is 2. The summed E-state index contributed by atoms with van der Waals surface area (Å²) in [5, 5.41) is 1.67. The molecule has 0 aromatic rings. The van der Waals surface area contributed by atoms with Gasteiger partial charge in [-0.25, -0.2) is 4.79 Å². The number of urea groups is 1. The molecule has 0 heterocycles. The van der Waals surface area contributed by atoms with Crippen molar-refractivity contribution >= 4 is 17.8 Å². The largest absolute Gasteiger partial charge is 0.368 e. The van der Waals surface area contributed by atoms with E-state index in [2.05, 4.69) is 10.6 Å². The fourth-order valence-electron chi connectivity index (χ4n) is 0.552. The lowest BCUT2D eigenvalue weighted by Crippen LogP contribution is -2.53. The number of carbonyl (C=O) groups is 3. The fourth-order valence-corrected chi connectivity index (χ4v) is 0.552. The summed E-state index contributed by atoms with van der Waals surface area (Å²) >= 11 is 0. The van der Waals surface area contributed by atoms with Crippen LogP contribution in [0.5, 0.6) is 0 Å². The van der Waals surface area contributed by atoms with Gasteiger partial charge < -0.3 is 16.3 Å². The molecule has 1 unspecified atom stereocenters. The Labute approximate surface area is 73.5 Å². The van der Waals surface area contributed by atoms with E-state index in [0.29, 0.717) is 0 Å². The molecule has 0 aliphatic rings. The molecular formula is C5H10N4O4. The second-order valence-electron chi connectivity index (χ2n) is 2.01. The number of hydroxylamine groups is 1. The summed E-state index contributed by atoms with van der Waals surface area (Å²) < 4.78 is 0. The molecule has 0 aromatic heterocycles. The minimum atomic E-state index is -1.45. The minimum absolute atomic E-state index is 0.971. The maximum absolute atomic E-state index is 10.9. The van der Waals surface area contributed by atoms with Crippen LogP contribution in [0, 0.1) is 0 Å². The number of nitrogens with one attached hydrogen (secondary N) is 2. The minimum Gasteiger partial charge on any atom is -0.368 e. The van der Waals surface area contributed by atoms with Gasteiger partial charge in [0, 0.05) is 0 Å². The van der Waals surface area contributed by atoms with Gasteiger partial charge in [0.15, 0.2) is 6.04 Å². The van der Waals surface area contributed by atoms with E-state index in [9.17, 15) is 14.4 Å². The molecule has 0 saturated heterocycles. The topological polar surface area (TPSA) is 137 Å². The molecule has 74 valence electrons. The lowest BCUT2D eigenvalue weighted by molar-refractivity contribution is -0.134. The highest BCUT2D eigenvalue weighted by Crippen LogP contribution is 1.82. The Bertz CT molecular complexity index is 229. The molecule has 0 aliphatic heterocycles. The molecule has 0 bridgehead atoms. The third-order valence-corrected chi connectivity index (χ3v) is 1.03. The molecule has 0 aliphatic carbocycles. The normalized spacial score (nSPS) is 11.8. The number of carbonyl (C=O) groups excluding carboxylic acids is 3. The Morgan fingerprint density at radius 3 is 2.15 bits per heavy atom. The third-order valence-electron chi connectivity index (χ3n) is 1.03. The number of imide groups is 1. The molecule has 13 heavy (non-hydrogen) atoms. The molecule has 0 aromatic carbocycles. The van der Waals surface area contributed by atoms with E-state index in [1.165, 1.54) is 7.11 Å². The van der Waals surface area contributed by atoms with E-state index in [4.69, 9.17) is 5.73 Å². The van der Waals surface area contributed by atoms with Crippen LogP contribution in [0.1, 0.15) is 0 Å². The molecule has 8 heteroatoms. The summed E-state index contributed by atoms with van der Waals surface area (Å²) in [5.41, 5.74) is 11.4. The Kier molecular flexibility index (Phi) is 4.41. The number of rotatable bonds is 4. The number of hydrogen-bond acceptors (Lipinski definition) is 5. The van der Waals surface area contributed by atoms with Crippen LogP contribution < -0.4 is 22.3 Å². The van der Waals surface area contributed by atoms with E-state index in [1.807, 2.05) is 5.48 Å². The van der Waals surface area contributed by atoms with Crippen molar-refractivity contribution in [1.29, 1.82) is 0 Å². The summed E-state index contributed by atoms with van der Waals surface area (Å²) in [6, 6.07) is -2.52. The van der Waals surface area contributed by atoms with Gasteiger partial charge in [-0.3, -0.25) is 14.9 Å². The molecule has 6 N–H and O–H groups in total. The van der Waals surface area contributed by atoms with E-state index in [0.717, 1.165) is 0 Å². The van der Waals surface area contributed by atoms with Gasteiger partial charge in [-0.2, -0.15) is 5.48 Å². The molecule has 1 atom stereocenters. The first-order chi connectivity index (χ1) is 5.99. The Morgan fingerprint density at radius 2 is 1.85 bits per heavy atom. The zero-order valence-corrected chi connectivity index (χ0v) is 6.87. The van der Waals surface area contributed by atoms with Crippen molar-refractivity contribution in [1.82, 2.24) is 10.8 Å². The predicted molar refractivity (Wildman–Crippen MR) is 40.9 cm³/mol. The molecule has 0 rings (SSSR count). The molecule has 0 saturated carbocycles. The highest BCUT2D eigenvalue weighted by molar-refractivity contribution is 6.08. The van der Waals surface area contributed by atoms with Gasteiger partial charge in [-0.1, -0.05) is 0 Å². The van der Waals surface area contributed by atoms with Crippen molar-refractivity contribution in [3.63, 3.8) is 0 Å². The van der Waals surface area contributed by atoms with E-state index < -0.39 is 23.9 Å². The van der Waals surface area contributed by atoms with Gasteiger partial charge in [-0.15, -0.1) is 0 Å². The molecule has 0 spiro atoms. The van der Waals surface area contributed by atoms with Crippen LogP contribution in [0.2, 0.25) is 0 Å². The molecular weight excluding hydrogens is 180 g/mol. The van der Waals surface area contributed by atoms with Crippen molar-refractivity contribution in [2.24, 2.45) is 11.5 Å². The summed E-state index contributed by atoms with van der Waals surface area (Å²) in [5.74, 6) is -1.96. The van der Waals surface area contributed by atoms with Crippen LogP contribution in [0.25, 0.3) is 0 Å². The first kappa shape index (κ1) is 11.3. The summed E-state index contributed by atoms with van der Waals surface area (Å²) in [7, 11) is 1.19. The van der Waals surface area contributed by atoms with Crippen molar-refractivity contribution < 1.29 is 19.2 Å². The third kappa shape index (κ3) is 4.03. The van der Waals surface area contributed by atoms with Gasteiger partial charge in [0.05, 0.1) is 7.11 Å². The number of nitrogens with two attached hydrogens (primary N) is 2. The van der Waals surface area contributed by atoms with Crippen molar-refractivity contribution in [3.05, 3.63) is 0 Å². The average molecular weight is 190 g/mol. The SMILES string of the molecule is CONC(C(N)=O)C(=O)NC(N)=O. The highest BCUT2D eigenvalue weighted by atomic mass is 16.6. The monoisotopic (exact) mass is 190 g/mol. The van der Waals surface area contributed by atoms with Gasteiger partial charge in [0.2, 0.25) is 5.91 Å². The summed E-state index contributed by atoms with van der Waals surface area (Å²) in [6.07, 6.45) is 0. The predicted octanol–water partition coefficient (Wildman–Crippen LogP) is -2.81. The van der Waals surface area contributed by atoms with Crippen molar-refractivity contribution in [3.8, 4) is 0 Å². The van der Waals surface area contributed by atoms with Crippen LogP contribution in [0.15, 0.2) is 0 Å². The number of hydrogen-bond donors (Lipinski definition) is 4. The maximum atomic E-state index is 10.9. The van der Waals surface area contributed by atoms with E-state index in [-0.39, 0.29) is 0 Å². The number of amides is 4. The second-order valence-corrected chi connectivity index (χ2v) is 2.01. The van der Waals surface area contributed by atoms with E-state index >= 15 is 0 Å². The van der Waals surface area contributed by atoms with Crippen LogP contribution in [-0.2, 0) is 14.4 Å². The Balaban J connectivity index is 4.28. The summed E-state index contributed by atoms with van der Waals surface area (Å²) in [6.45, 7) is 0. The van der Waals surface area contributed by atoms with Gasteiger partial charge in [0.1, 0.15) is 0 Å². The highest BCUT2D eigenvalue weighted by Gasteiger charge is 2.24. The molecule has 4 amide bonds. The zero-order chi connectivity index (χ0) is 10.4. The zero-order valence-electron chi connectivity index (χ0n) is 6.87. The molecule has 0 fully saturated rings.